The Morgan fingerprint density at radius 2 is 1.46 bits per heavy atom. The number of hydrogen-bond acceptors (Lipinski definition) is 2. The molecule has 4 nitrogen and oxygen atoms in total. The molecule has 3 N–H and O–H groups in total. The number of benzene rings is 2. The highest BCUT2D eigenvalue weighted by atomic mass is 19.1. The summed E-state index contributed by atoms with van der Waals surface area (Å²) in [6, 6.07) is 11.7. The number of amides is 2. The summed E-state index contributed by atoms with van der Waals surface area (Å²) in [5, 5.41) is 2.70. The zero-order chi connectivity index (χ0) is 19.3. The third-order valence-electron chi connectivity index (χ3n) is 4.74. The van der Waals surface area contributed by atoms with Gasteiger partial charge in [-0.1, -0.05) is 31.2 Å². The van der Waals surface area contributed by atoms with Crippen LogP contribution in [-0.2, 0) is 5.41 Å². The number of urea groups is 1. The minimum absolute atomic E-state index is 0.0141. The van der Waals surface area contributed by atoms with Crippen LogP contribution in [0.15, 0.2) is 48.5 Å². The molecule has 0 fully saturated rings. The van der Waals surface area contributed by atoms with Crippen molar-refractivity contribution in [1.29, 1.82) is 0 Å². The highest BCUT2D eigenvalue weighted by Crippen LogP contribution is 2.39. The fourth-order valence-electron chi connectivity index (χ4n) is 3.54. The van der Waals surface area contributed by atoms with Gasteiger partial charge in [0.05, 0.1) is 0 Å². The predicted octanol–water partition coefficient (Wildman–Crippen LogP) is 3.12. The smallest absolute Gasteiger partial charge is 0.312 e. The quantitative estimate of drug-likeness (QED) is 0.796. The van der Waals surface area contributed by atoms with Crippen molar-refractivity contribution in [3.63, 3.8) is 0 Å². The summed E-state index contributed by atoms with van der Waals surface area (Å²) in [7, 11) is 3.91. The first-order valence-corrected chi connectivity index (χ1v) is 8.46. The molecule has 26 heavy (non-hydrogen) atoms. The molecule has 0 aliphatic carbocycles. The Bertz CT molecular complexity index is 684. The minimum atomic E-state index is -0.694. The van der Waals surface area contributed by atoms with Crippen molar-refractivity contribution in [1.82, 2.24) is 10.2 Å². The van der Waals surface area contributed by atoms with Crippen molar-refractivity contribution in [3.8, 4) is 0 Å². The van der Waals surface area contributed by atoms with Gasteiger partial charge >= 0.3 is 6.03 Å². The second kappa shape index (κ2) is 8.27. The van der Waals surface area contributed by atoms with Crippen LogP contribution >= 0.6 is 0 Å². The summed E-state index contributed by atoms with van der Waals surface area (Å²) in [5.41, 5.74) is 6.29. The molecule has 1 atom stereocenters. The largest absolute Gasteiger partial charge is 0.352 e. The van der Waals surface area contributed by atoms with Gasteiger partial charge in [-0.25, -0.2) is 13.6 Å². The number of primary amides is 1. The number of carbonyl (C=O) groups excluding carboxylic acids is 1. The number of carbonyl (C=O) groups is 1. The summed E-state index contributed by atoms with van der Waals surface area (Å²) in [5.74, 6) is -0.671. The number of halogens is 2. The molecule has 2 aromatic carbocycles. The van der Waals surface area contributed by atoms with E-state index < -0.39 is 11.4 Å². The highest BCUT2D eigenvalue weighted by molar-refractivity contribution is 5.72. The predicted molar refractivity (Wildman–Crippen MR) is 98.9 cm³/mol. The van der Waals surface area contributed by atoms with Crippen LogP contribution in [0.25, 0.3) is 0 Å². The molecule has 0 aliphatic rings. The standard InChI is InChI=1S/C20H25F2N3O/c1-14(12-25(2)3)20(13-24-19(23)26,15-4-8-17(21)9-5-15)16-6-10-18(22)11-7-16/h4-11,14H,12-13H2,1-3H3,(H3,23,24,26). The number of rotatable bonds is 7. The lowest BCUT2D eigenvalue weighted by Gasteiger charge is -2.41. The summed E-state index contributed by atoms with van der Waals surface area (Å²) in [6.45, 7) is 2.97. The lowest BCUT2D eigenvalue weighted by molar-refractivity contribution is 0.231. The van der Waals surface area contributed by atoms with E-state index in [1.807, 2.05) is 19.0 Å². The van der Waals surface area contributed by atoms with Crippen LogP contribution in [0, 0.1) is 17.6 Å². The van der Waals surface area contributed by atoms with Crippen LogP contribution in [0.1, 0.15) is 18.1 Å². The highest BCUT2D eigenvalue weighted by Gasteiger charge is 2.40. The SMILES string of the molecule is CC(CN(C)C)C(CNC(N)=O)(c1ccc(F)cc1)c1ccc(F)cc1. The van der Waals surface area contributed by atoms with Crippen molar-refractivity contribution in [3.05, 3.63) is 71.3 Å². The molecular weight excluding hydrogens is 336 g/mol. The number of hydrogen-bond donors (Lipinski definition) is 2. The molecule has 0 radical (unpaired) electrons. The third-order valence-corrected chi connectivity index (χ3v) is 4.74. The van der Waals surface area contributed by atoms with E-state index in [0.29, 0.717) is 6.54 Å². The fourth-order valence-corrected chi connectivity index (χ4v) is 3.54. The van der Waals surface area contributed by atoms with Crippen molar-refractivity contribution in [2.45, 2.75) is 12.3 Å². The Balaban J connectivity index is 2.65. The van der Waals surface area contributed by atoms with Crippen LogP contribution in [0.3, 0.4) is 0 Å². The van der Waals surface area contributed by atoms with Gasteiger partial charge in [0.15, 0.2) is 0 Å². The second-order valence-corrected chi connectivity index (χ2v) is 6.87. The van der Waals surface area contributed by atoms with Crippen LogP contribution in [0.2, 0.25) is 0 Å². The molecule has 6 heteroatoms. The van der Waals surface area contributed by atoms with Crippen LogP contribution in [0.4, 0.5) is 13.6 Å². The molecule has 140 valence electrons. The van der Waals surface area contributed by atoms with Crippen molar-refractivity contribution in [2.24, 2.45) is 11.7 Å². The second-order valence-electron chi connectivity index (χ2n) is 6.87. The van der Waals surface area contributed by atoms with E-state index in [2.05, 4.69) is 12.2 Å². The van der Waals surface area contributed by atoms with E-state index in [0.717, 1.165) is 11.1 Å². The topological polar surface area (TPSA) is 58.4 Å². The van der Waals surface area contributed by atoms with Gasteiger partial charge in [-0.15, -0.1) is 0 Å². The van der Waals surface area contributed by atoms with Gasteiger partial charge in [-0.2, -0.15) is 0 Å². The molecule has 2 amide bonds. The first-order valence-electron chi connectivity index (χ1n) is 8.46. The summed E-state index contributed by atoms with van der Waals surface area (Å²) in [6.07, 6.45) is 0. The van der Waals surface area contributed by atoms with E-state index in [9.17, 15) is 13.6 Å². The third kappa shape index (κ3) is 4.38. The molecule has 0 spiro atoms. The monoisotopic (exact) mass is 361 g/mol. The lowest BCUT2D eigenvalue weighted by Crippen LogP contribution is -2.49. The van der Waals surface area contributed by atoms with E-state index in [-0.39, 0.29) is 24.1 Å². The molecule has 1 unspecified atom stereocenters. The van der Waals surface area contributed by atoms with Gasteiger partial charge in [-0.3, -0.25) is 0 Å². The Labute approximate surface area is 153 Å². The average molecular weight is 361 g/mol. The van der Waals surface area contributed by atoms with E-state index >= 15 is 0 Å². The Morgan fingerprint density at radius 3 is 1.81 bits per heavy atom. The van der Waals surface area contributed by atoms with Crippen LogP contribution in [0.5, 0.6) is 0 Å². The molecule has 0 saturated heterocycles. The molecule has 0 aliphatic heterocycles. The van der Waals surface area contributed by atoms with Gasteiger partial charge in [-0.05, 0) is 55.4 Å². The zero-order valence-electron chi connectivity index (χ0n) is 15.3. The number of nitrogens with two attached hydrogens (primary N) is 1. The lowest BCUT2D eigenvalue weighted by atomic mass is 9.66. The normalized spacial score (nSPS) is 12.8. The summed E-state index contributed by atoms with van der Waals surface area (Å²) < 4.78 is 27.0. The first-order chi connectivity index (χ1) is 12.3. The maximum absolute atomic E-state index is 13.5. The summed E-state index contributed by atoms with van der Waals surface area (Å²) in [4.78, 5) is 13.5. The summed E-state index contributed by atoms with van der Waals surface area (Å²) >= 11 is 0. The molecular formula is C20H25F2N3O. The van der Waals surface area contributed by atoms with Crippen molar-refractivity contribution in [2.75, 3.05) is 27.2 Å². The zero-order valence-corrected chi connectivity index (χ0v) is 15.3. The first kappa shape index (κ1) is 19.8. The molecule has 0 heterocycles. The van der Waals surface area contributed by atoms with Crippen molar-refractivity contribution >= 4 is 6.03 Å². The molecule has 2 rings (SSSR count). The molecule has 2 aromatic rings. The maximum Gasteiger partial charge on any atom is 0.312 e. The van der Waals surface area contributed by atoms with Gasteiger partial charge in [0.1, 0.15) is 11.6 Å². The van der Waals surface area contributed by atoms with E-state index in [1.165, 1.54) is 24.3 Å². The van der Waals surface area contributed by atoms with Crippen LogP contribution in [-0.4, -0.2) is 38.1 Å². The maximum atomic E-state index is 13.5. The van der Waals surface area contributed by atoms with Gasteiger partial charge in [0.2, 0.25) is 0 Å². The van der Waals surface area contributed by atoms with Gasteiger partial charge in [0.25, 0.3) is 0 Å². The Kier molecular flexibility index (Phi) is 6.32. The molecule has 0 saturated carbocycles. The van der Waals surface area contributed by atoms with E-state index in [1.54, 1.807) is 24.3 Å². The Hall–Kier alpha value is -2.47. The minimum Gasteiger partial charge on any atom is -0.352 e. The van der Waals surface area contributed by atoms with E-state index in [4.69, 9.17) is 5.73 Å². The Morgan fingerprint density at radius 1 is 1.04 bits per heavy atom. The number of nitrogens with one attached hydrogen (secondary N) is 1. The molecule has 0 aromatic heterocycles. The van der Waals surface area contributed by atoms with Gasteiger partial charge < -0.3 is 16.0 Å². The molecule has 0 bridgehead atoms. The number of nitrogens with zero attached hydrogens (tertiary/aromatic N) is 1. The van der Waals surface area contributed by atoms with Crippen LogP contribution < -0.4 is 11.1 Å². The fraction of sp³-hybridized carbons (Fsp3) is 0.350. The van der Waals surface area contributed by atoms with Crippen molar-refractivity contribution < 1.29 is 13.6 Å². The average Bonchev–Trinajstić information content (AvgIpc) is 2.57. The van der Waals surface area contributed by atoms with Gasteiger partial charge in [0, 0.05) is 18.5 Å².